The van der Waals surface area contributed by atoms with Gasteiger partial charge in [-0.05, 0) is 54.6 Å². The molecule has 0 spiro atoms. The van der Waals surface area contributed by atoms with E-state index in [9.17, 15) is 13.2 Å². The number of halogens is 3. The summed E-state index contributed by atoms with van der Waals surface area (Å²) in [6.07, 6.45) is 1.48. The Morgan fingerprint density at radius 3 is 2.19 bits per heavy atom. The molecule has 0 bridgehead atoms. The van der Waals surface area contributed by atoms with Gasteiger partial charge in [-0.2, -0.15) is 0 Å². The molecule has 0 aliphatic carbocycles. The molecule has 3 aromatic carbocycles. The van der Waals surface area contributed by atoms with Gasteiger partial charge < -0.3 is 4.74 Å². The molecule has 0 fully saturated rings. The molecule has 0 unspecified atom stereocenters. The summed E-state index contributed by atoms with van der Waals surface area (Å²) in [5.41, 5.74) is 0.839. The number of benzene rings is 3. The van der Waals surface area contributed by atoms with Crippen LogP contribution < -0.4 is 4.74 Å². The average Bonchev–Trinajstić information content (AvgIpc) is 2.70. The monoisotopic (exact) mass is 370 g/mol. The Morgan fingerprint density at radius 2 is 1.52 bits per heavy atom. The summed E-state index contributed by atoms with van der Waals surface area (Å²) in [6, 6.07) is 14.0. The van der Waals surface area contributed by atoms with Crippen LogP contribution >= 0.6 is 0 Å². The number of aryl methyl sites for hydroxylation is 1. The van der Waals surface area contributed by atoms with Crippen molar-refractivity contribution in [2.75, 3.05) is 6.61 Å². The third kappa shape index (κ3) is 4.00. The molecule has 0 saturated heterocycles. The second-order valence-corrected chi connectivity index (χ2v) is 6.31. The summed E-state index contributed by atoms with van der Waals surface area (Å²) in [4.78, 5) is 0. The number of rotatable bonds is 6. The van der Waals surface area contributed by atoms with Crippen LogP contribution in [0.5, 0.6) is 5.75 Å². The van der Waals surface area contributed by atoms with E-state index in [0.717, 1.165) is 6.42 Å². The van der Waals surface area contributed by atoms with Crippen LogP contribution in [0.25, 0.3) is 22.4 Å². The van der Waals surface area contributed by atoms with Gasteiger partial charge in [0.05, 0.1) is 6.61 Å². The van der Waals surface area contributed by atoms with Crippen LogP contribution in [0, 0.1) is 5.82 Å². The Labute approximate surface area is 157 Å². The predicted molar refractivity (Wildman–Crippen MR) is 105 cm³/mol. The SMILES string of the molecule is CCCc1ccc2cc(C(F)=C(F)c3ccc(OCC)cc3)ccc2c1F. The highest BCUT2D eigenvalue weighted by atomic mass is 19.2. The van der Waals surface area contributed by atoms with Crippen LogP contribution in [0.2, 0.25) is 0 Å². The molecule has 1 nitrogen and oxygen atoms in total. The molecule has 3 aromatic rings. The van der Waals surface area contributed by atoms with Gasteiger partial charge in [0.15, 0.2) is 11.7 Å². The van der Waals surface area contributed by atoms with E-state index in [4.69, 9.17) is 4.74 Å². The third-order valence-electron chi connectivity index (χ3n) is 4.42. The van der Waals surface area contributed by atoms with Gasteiger partial charge >= 0.3 is 0 Å². The lowest BCUT2D eigenvalue weighted by Gasteiger charge is -2.08. The van der Waals surface area contributed by atoms with E-state index >= 15 is 0 Å². The Balaban J connectivity index is 1.97. The third-order valence-corrected chi connectivity index (χ3v) is 4.42. The second kappa shape index (κ2) is 8.30. The largest absolute Gasteiger partial charge is 0.494 e. The molecule has 0 amide bonds. The van der Waals surface area contributed by atoms with Crippen LogP contribution in [-0.2, 0) is 6.42 Å². The first kappa shape index (κ1) is 19.0. The van der Waals surface area contributed by atoms with Crippen LogP contribution in [0.4, 0.5) is 13.2 Å². The van der Waals surface area contributed by atoms with Crippen molar-refractivity contribution in [3.8, 4) is 5.75 Å². The molecule has 4 heteroatoms. The Kier molecular flexibility index (Phi) is 5.84. The maximum Gasteiger partial charge on any atom is 0.166 e. The van der Waals surface area contributed by atoms with E-state index in [2.05, 4.69) is 0 Å². The smallest absolute Gasteiger partial charge is 0.166 e. The minimum absolute atomic E-state index is 0.0801. The summed E-state index contributed by atoms with van der Waals surface area (Å²) in [5, 5.41) is 0.957. The zero-order valence-corrected chi connectivity index (χ0v) is 15.4. The molecule has 0 aromatic heterocycles. The lowest BCUT2D eigenvalue weighted by Crippen LogP contribution is -1.93. The lowest BCUT2D eigenvalue weighted by molar-refractivity contribution is 0.340. The van der Waals surface area contributed by atoms with Crippen LogP contribution in [0.1, 0.15) is 37.0 Å². The van der Waals surface area contributed by atoms with E-state index in [1.54, 1.807) is 24.3 Å². The first-order chi connectivity index (χ1) is 13.0. The van der Waals surface area contributed by atoms with Crippen LogP contribution in [0.15, 0.2) is 54.6 Å². The molecular formula is C23H21F3O. The highest BCUT2D eigenvalue weighted by Crippen LogP contribution is 2.32. The van der Waals surface area contributed by atoms with Crippen LogP contribution in [0.3, 0.4) is 0 Å². The fourth-order valence-electron chi connectivity index (χ4n) is 3.05. The predicted octanol–water partition coefficient (Wildman–Crippen LogP) is 7.09. The summed E-state index contributed by atoms with van der Waals surface area (Å²) in [7, 11) is 0. The standard InChI is InChI=1S/C23H21F3O/c1-3-5-15-6-7-17-14-18(10-13-20(17)21(15)24)23(26)22(25)16-8-11-19(12-9-16)27-4-2/h6-14H,3-5H2,1-2H3. The Hall–Kier alpha value is -2.75. The molecule has 140 valence electrons. The minimum Gasteiger partial charge on any atom is -0.494 e. The number of ether oxygens (including phenoxy) is 1. The minimum atomic E-state index is -0.973. The molecule has 27 heavy (non-hydrogen) atoms. The molecular weight excluding hydrogens is 349 g/mol. The van der Waals surface area contributed by atoms with Gasteiger partial charge in [0.2, 0.25) is 0 Å². The molecule has 0 atom stereocenters. The van der Waals surface area contributed by atoms with Gasteiger partial charge in [-0.25, -0.2) is 13.2 Å². The van der Waals surface area contributed by atoms with Crippen molar-refractivity contribution in [1.82, 2.24) is 0 Å². The van der Waals surface area contributed by atoms with E-state index in [1.165, 1.54) is 30.3 Å². The molecule has 0 saturated carbocycles. The van der Waals surface area contributed by atoms with Crippen molar-refractivity contribution >= 4 is 22.4 Å². The normalized spacial score (nSPS) is 12.2. The summed E-state index contributed by atoms with van der Waals surface area (Å²) < 4.78 is 49.1. The average molecular weight is 370 g/mol. The maximum atomic E-state index is 14.7. The van der Waals surface area contributed by atoms with Gasteiger partial charge in [0.1, 0.15) is 11.6 Å². The van der Waals surface area contributed by atoms with Gasteiger partial charge in [-0.3, -0.25) is 0 Å². The van der Waals surface area contributed by atoms with E-state index in [-0.39, 0.29) is 16.9 Å². The van der Waals surface area contributed by atoms with E-state index in [0.29, 0.717) is 35.1 Å². The number of fused-ring (bicyclic) bond motifs is 1. The van der Waals surface area contributed by atoms with Crippen molar-refractivity contribution in [3.05, 3.63) is 77.1 Å². The van der Waals surface area contributed by atoms with Gasteiger partial charge in [0.25, 0.3) is 0 Å². The Bertz CT molecular complexity index is 975. The van der Waals surface area contributed by atoms with Gasteiger partial charge in [-0.1, -0.05) is 37.6 Å². The molecule has 0 heterocycles. The lowest BCUT2D eigenvalue weighted by atomic mass is 10.00. The summed E-state index contributed by atoms with van der Waals surface area (Å²) in [6.45, 7) is 4.33. The molecule has 0 radical (unpaired) electrons. The first-order valence-electron chi connectivity index (χ1n) is 9.05. The van der Waals surface area contributed by atoms with Crippen LogP contribution in [-0.4, -0.2) is 6.61 Å². The van der Waals surface area contributed by atoms with Crippen molar-refractivity contribution in [2.24, 2.45) is 0 Å². The Morgan fingerprint density at radius 1 is 0.852 bits per heavy atom. The second-order valence-electron chi connectivity index (χ2n) is 6.31. The molecule has 0 aliphatic rings. The highest BCUT2D eigenvalue weighted by Gasteiger charge is 2.14. The fraction of sp³-hybridized carbons (Fsp3) is 0.217. The van der Waals surface area contributed by atoms with Crippen molar-refractivity contribution in [1.29, 1.82) is 0 Å². The number of hydrogen-bond donors (Lipinski definition) is 0. The topological polar surface area (TPSA) is 9.23 Å². The maximum absolute atomic E-state index is 14.7. The summed E-state index contributed by atoms with van der Waals surface area (Å²) >= 11 is 0. The zero-order chi connectivity index (χ0) is 19.4. The van der Waals surface area contributed by atoms with Gasteiger partial charge in [-0.15, -0.1) is 0 Å². The van der Waals surface area contributed by atoms with Crippen molar-refractivity contribution in [2.45, 2.75) is 26.7 Å². The zero-order valence-electron chi connectivity index (χ0n) is 15.4. The fourth-order valence-corrected chi connectivity index (χ4v) is 3.05. The number of hydrogen-bond acceptors (Lipinski definition) is 1. The van der Waals surface area contributed by atoms with Crippen molar-refractivity contribution < 1.29 is 17.9 Å². The van der Waals surface area contributed by atoms with Gasteiger partial charge in [0, 0.05) is 16.5 Å². The molecule has 0 N–H and O–H groups in total. The molecule has 3 rings (SSSR count). The van der Waals surface area contributed by atoms with Crippen molar-refractivity contribution in [3.63, 3.8) is 0 Å². The highest BCUT2D eigenvalue weighted by molar-refractivity contribution is 5.90. The molecule has 0 aliphatic heterocycles. The summed E-state index contributed by atoms with van der Waals surface area (Å²) in [5.74, 6) is -1.63. The quantitative estimate of drug-likeness (QED) is 0.421. The van der Waals surface area contributed by atoms with E-state index in [1.807, 2.05) is 13.8 Å². The first-order valence-corrected chi connectivity index (χ1v) is 9.05. The van der Waals surface area contributed by atoms with E-state index < -0.39 is 11.7 Å².